The molecule has 4 heteroatoms. The summed E-state index contributed by atoms with van der Waals surface area (Å²) < 4.78 is 23.1. The van der Waals surface area contributed by atoms with Crippen LogP contribution < -0.4 is 5.73 Å². The van der Waals surface area contributed by atoms with Crippen molar-refractivity contribution in [2.24, 2.45) is 5.73 Å². The largest absolute Gasteiger partial charge is 0.329 e. The Balaban J connectivity index is 2.55. The van der Waals surface area contributed by atoms with Crippen LogP contribution in [0.2, 0.25) is 0 Å². The van der Waals surface area contributed by atoms with Crippen molar-refractivity contribution in [2.45, 2.75) is 16.7 Å². The van der Waals surface area contributed by atoms with Crippen LogP contribution in [0.25, 0.3) is 0 Å². The smallest absolute Gasteiger partial charge is 0.266 e. The first-order chi connectivity index (χ1) is 3.52. The maximum Gasteiger partial charge on any atom is 0.266 e. The molecule has 1 saturated carbocycles. The van der Waals surface area contributed by atoms with E-state index in [4.69, 9.17) is 5.73 Å². The zero-order chi connectivity index (χ0) is 6.41. The normalized spacial score (nSPS) is 42.0. The van der Waals surface area contributed by atoms with Crippen molar-refractivity contribution in [3.63, 3.8) is 0 Å². The second-order valence-electron chi connectivity index (χ2n) is 2.05. The van der Waals surface area contributed by atoms with E-state index in [-0.39, 0.29) is 13.0 Å². The highest BCUT2D eigenvalue weighted by molar-refractivity contribution is 9.10. The number of alkyl halides is 3. The van der Waals surface area contributed by atoms with Crippen LogP contribution in [0.1, 0.15) is 6.42 Å². The summed E-state index contributed by atoms with van der Waals surface area (Å²) >= 11 is 2.84. The van der Waals surface area contributed by atoms with Crippen LogP contribution in [0.5, 0.6) is 0 Å². The lowest BCUT2D eigenvalue weighted by Crippen LogP contribution is -2.21. The molecule has 0 radical (unpaired) electrons. The number of hydrogen-bond donors (Lipinski definition) is 1. The second-order valence-corrected chi connectivity index (χ2v) is 3.57. The average molecular weight is 186 g/mol. The van der Waals surface area contributed by atoms with Crippen molar-refractivity contribution in [3.8, 4) is 0 Å². The van der Waals surface area contributed by atoms with Gasteiger partial charge in [0.05, 0.1) is 0 Å². The van der Waals surface area contributed by atoms with E-state index in [1.165, 1.54) is 0 Å². The monoisotopic (exact) mass is 185 g/mol. The molecule has 1 rings (SSSR count). The molecule has 2 N–H and O–H groups in total. The van der Waals surface area contributed by atoms with Crippen LogP contribution in [-0.4, -0.2) is 16.8 Å². The van der Waals surface area contributed by atoms with Crippen molar-refractivity contribution >= 4 is 15.9 Å². The summed E-state index contributed by atoms with van der Waals surface area (Å²) in [5, 5.41) is 0. The molecule has 8 heavy (non-hydrogen) atoms. The molecule has 1 fully saturated rings. The minimum absolute atomic E-state index is 0.0139. The molecule has 48 valence electrons. The zero-order valence-electron chi connectivity index (χ0n) is 4.13. The fourth-order valence-electron chi connectivity index (χ4n) is 0.529. The van der Waals surface area contributed by atoms with Crippen LogP contribution in [0.3, 0.4) is 0 Å². The molecule has 0 aliphatic heterocycles. The van der Waals surface area contributed by atoms with Crippen molar-refractivity contribution in [2.75, 3.05) is 6.54 Å². The van der Waals surface area contributed by atoms with Gasteiger partial charge in [-0.05, 0) is 0 Å². The van der Waals surface area contributed by atoms with Crippen LogP contribution in [-0.2, 0) is 0 Å². The minimum atomic E-state index is -2.55. The molecule has 1 aliphatic carbocycles. The van der Waals surface area contributed by atoms with E-state index in [1.54, 1.807) is 0 Å². The molecule has 1 aliphatic rings. The molecule has 0 aromatic carbocycles. The Bertz CT molecular complexity index is 117. The molecule has 0 amide bonds. The molecule has 1 unspecified atom stereocenters. The predicted molar refractivity (Wildman–Crippen MR) is 30.3 cm³/mol. The highest BCUT2D eigenvalue weighted by atomic mass is 79.9. The van der Waals surface area contributed by atoms with E-state index in [2.05, 4.69) is 15.9 Å². The highest BCUT2D eigenvalue weighted by Crippen LogP contribution is 2.58. The molecule has 0 spiro atoms. The summed E-state index contributed by atoms with van der Waals surface area (Å²) in [6, 6.07) is 0. The second kappa shape index (κ2) is 1.42. The Morgan fingerprint density at radius 2 is 2.00 bits per heavy atom. The van der Waals surface area contributed by atoms with Gasteiger partial charge in [0.15, 0.2) is 0 Å². The van der Waals surface area contributed by atoms with Gasteiger partial charge in [0, 0.05) is 13.0 Å². The Labute approximate surface area is 54.4 Å². The first-order valence-corrected chi connectivity index (χ1v) is 3.08. The van der Waals surface area contributed by atoms with Gasteiger partial charge in [0.1, 0.15) is 4.32 Å². The van der Waals surface area contributed by atoms with Gasteiger partial charge in [-0.15, -0.1) is 0 Å². The summed E-state index contributed by atoms with van der Waals surface area (Å²) in [6.07, 6.45) is -0.115. The molecule has 0 aromatic rings. The zero-order valence-corrected chi connectivity index (χ0v) is 5.71. The average Bonchev–Trinajstić information content (AvgIpc) is 2.10. The Kier molecular flexibility index (Phi) is 1.14. The van der Waals surface area contributed by atoms with E-state index in [9.17, 15) is 8.78 Å². The van der Waals surface area contributed by atoms with Crippen LogP contribution in [0.4, 0.5) is 8.78 Å². The van der Waals surface area contributed by atoms with Gasteiger partial charge >= 0.3 is 0 Å². The lowest BCUT2D eigenvalue weighted by atomic mass is 10.4. The first kappa shape index (κ1) is 6.42. The number of halogens is 3. The molecular weight excluding hydrogens is 180 g/mol. The Morgan fingerprint density at radius 3 is 2.00 bits per heavy atom. The Morgan fingerprint density at radius 1 is 1.62 bits per heavy atom. The molecule has 1 nitrogen and oxygen atoms in total. The van der Waals surface area contributed by atoms with Gasteiger partial charge in [-0.3, -0.25) is 0 Å². The van der Waals surface area contributed by atoms with Crippen LogP contribution in [0, 0.1) is 0 Å². The SMILES string of the molecule is NCC1(Br)CC1(F)F. The van der Waals surface area contributed by atoms with E-state index in [1.807, 2.05) is 0 Å². The topological polar surface area (TPSA) is 26.0 Å². The van der Waals surface area contributed by atoms with Gasteiger partial charge in [-0.1, -0.05) is 15.9 Å². The van der Waals surface area contributed by atoms with Crippen molar-refractivity contribution < 1.29 is 8.78 Å². The lowest BCUT2D eigenvalue weighted by molar-refractivity contribution is 0.109. The Hall–Kier alpha value is 0.300. The molecule has 0 heterocycles. The van der Waals surface area contributed by atoms with Crippen LogP contribution in [0.15, 0.2) is 0 Å². The molecule has 0 aromatic heterocycles. The molecule has 1 atom stereocenters. The summed E-state index contributed by atoms with van der Waals surface area (Å²) in [6.45, 7) is 0.0139. The van der Waals surface area contributed by atoms with E-state index in [0.29, 0.717) is 0 Å². The van der Waals surface area contributed by atoms with Gasteiger partial charge in [-0.2, -0.15) is 0 Å². The predicted octanol–water partition coefficient (Wildman–Crippen LogP) is 1.12. The number of nitrogens with two attached hydrogens (primary N) is 1. The quantitative estimate of drug-likeness (QED) is 0.610. The van der Waals surface area contributed by atoms with Gasteiger partial charge in [0.2, 0.25) is 0 Å². The number of rotatable bonds is 1. The molecule has 0 saturated heterocycles. The third kappa shape index (κ3) is 0.666. The van der Waals surface area contributed by atoms with Crippen LogP contribution >= 0.6 is 15.9 Å². The first-order valence-electron chi connectivity index (χ1n) is 2.29. The fourth-order valence-corrected chi connectivity index (χ4v) is 0.881. The summed E-state index contributed by atoms with van der Waals surface area (Å²) in [5.74, 6) is -2.55. The third-order valence-electron chi connectivity index (χ3n) is 1.36. The minimum Gasteiger partial charge on any atom is -0.329 e. The van der Waals surface area contributed by atoms with Crippen molar-refractivity contribution in [1.29, 1.82) is 0 Å². The van der Waals surface area contributed by atoms with E-state index < -0.39 is 10.2 Å². The number of hydrogen-bond acceptors (Lipinski definition) is 1. The van der Waals surface area contributed by atoms with E-state index in [0.717, 1.165) is 0 Å². The standard InChI is InChI=1S/C4H6BrF2N/c5-3(2-8)1-4(3,6)7/h1-2,8H2. The van der Waals surface area contributed by atoms with Gasteiger partial charge < -0.3 is 5.73 Å². The van der Waals surface area contributed by atoms with Crippen molar-refractivity contribution in [1.82, 2.24) is 0 Å². The maximum absolute atomic E-state index is 12.1. The van der Waals surface area contributed by atoms with Crippen molar-refractivity contribution in [3.05, 3.63) is 0 Å². The third-order valence-corrected chi connectivity index (χ3v) is 2.54. The van der Waals surface area contributed by atoms with Gasteiger partial charge in [0.25, 0.3) is 5.92 Å². The molecule has 0 bridgehead atoms. The van der Waals surface area contributed by atoms with Gasteiger partial charge in [-0.25, -0.2) is 8.78 Å². The molecular formula is C4H6BrF2N. The summed E-state index contributed by atoms with van der Waals surface area (Å²) in [5.41, 5.74) is 5.02. The maximum atomic E-state index is 12.1. The summed E-state index contributed by atoms with van der Waals surface area (Å²) in [4.78, 5) is 0. The fraction of sp³-hybridized carbons (Fsp3) is 1.00. The lowest BCUT2D eigenvalue weighted by Gasteiger charge is -2.00. The van der Waals surface area contributed by atoms with E-state index >= 15 is 0 Å². The highest BCUT2D eigenvalue weighted by Gasteiger charge is 2.69. The summed E-state index contributed by atoms with van der Waals surface area (Å²) in [7, 11) is 0.